The molecule has 7 heteroatoms. The van der Waals surface area contributed by atoms with E-state index in [1.165, 1.54) is 18.7 Å². The summed E-state index contributed by atoms with van der Waals surface area (Å²) >= 11 is 1.48. The van der Waals surface area contributed by atoms with Gasteiger partial charge in [-0.1, -0.05) is 13.8 Å². The molecule has 0 saturated carbocycles. The maximum atomic E-state index is 12.2. The Kier molecular flexibility index (Phi) is 10.0. The highest BCUT2D eigenvalue weighted by molar-refractivity contribution is 8.00. The highest BCUT2D eigenvalue weighted by Gasteiger charge is 2.22. The molecule has 0 radical (unpaired) electrons. The molecule has 1 unspecified atom stereocenters. The van der Waals surface area contributed by atoms with Crippen LogP contribution >= 0.6 is 24.2 Å². The molecule has 2 amide bonds. The van der Waals surface area contributed by atoms with Crippen LogP contribution in [0.5, 0.6) is 0 Å². The molecular formula is C17H28ClN3O2S. The van der Waals surface area contributed by atoms with Gasteiger partial charge < -0.3 is 16.4 Å². The van der Waals surface area contributed by atoms with Crippen molar-refractivity contribution in [3.05, 3.63) is 24.3 Å². The number of carbonyl (C=O) groups is 2. The van der Waals surface area contributed by atoms with Gasteiger partial charge in [0.1, 0.15) is 0 Å². The van der Waals surface area contributed by atoms with Gasteiger partial charge in [0.2, 0.25) is 11.8 Å². The third kappa shape index (κ3) is 7.55. The molecule has 0 spiro atoms. The van der Waals surface area contributed by atoms with E-state index in [9.17, 15) is 9.59 Å². The summed E-state index contributed by atoms with van der Waals surface area (Å²) in [5.41, 5.74) is 6.61. The maximum absolute atomic E-state index is 12.2. The zero-order valence-electron chi connectivity index (χ0n) is 14.7. The largest absolute Gasteiger partial charge is 0.353 e. The lowest BCUT2D eigenvalue weighted by molar-refractivity contribution is -0.120. The molecular weight excluding hydrogens is 346 g/mol. The van der Waals surface area contributed by atoms with E-state index in [0.29, 0.717) is 6.54 Å². The van der Waals surface area contributed by atoms with Crippen molar-refractivity contribution in [1.82, 2.24) is 5.32 Å². The van der Waals surface area contributed by atoms with Gasteiger partial charge in [0.05, 0.1) is 5.25 Å². The average Bonchev–Trinajstić information content (AvgIpc) is 2.53. The first-order valence-electron chi connectivity index (χ1n) is 7.90. The summed E-state index contributed by atoms with van der Waals surface area (Å²) in [6, 6.07) is 7.44. The molecule has 136 valence electrons. The minimum absolute atomic E-state index is 0. The standard InChI is InChI=1S/C17H27N3O2S.ClH/c1-5-17(18,6-2)11-19-16(22)12(3)23-15-9-7-14(8-10-15)20-13(4)21;/h7-10,12H,5-6,11,18H2,1-4H3,(H,19,22)(H,20,21);1H. The summed E-state index contributed by atoms with van der Waals surface area (Å²) < 4.78 is 0. The molecule has 1 atom stereocenters. The van der Waals surface area contributed by atoms with Crippen LogP contribution in [0.15, 0.2) is 29.2 Å². The number of nitrogens with one attached hydrogen (secondary N) is 2. The molecule has 0 bridgehead atoms. The van der Waals surface area contributed by atoms with E-state index in [4.69, 9.17) is 5.73 Å². The fourth-order valence-corrected chi connectivity index (χ4v) is 2.88. The maximum Gasteiger partial charge on any atom is 0.233 e. The van der Waals surface area contributed by atoms with Gasteiger partial charge in [-0.3, -0.25) is 9.59 Å². The first-order valence-corrected chi connectivity index (χ1v) is 8.78. The van der Waals surface area contributed by atoms with Crippen molar-refractivity contribution in [3.63, 3.8) is 0 Å². The second kappa shape index (κ2) is 10.6. The van der Waals surface area contributed by atoms with Crippen LogP contribution in [-0.2, 0) is 9.59 Å². The third-order valence-electron chi connectivity index (χ3n) is 3.88. The number of anilines is 1. The fourth-order valence-electron chi connectivity index (χ4n) is 1.98. The number of nitrogens with two attached hydrogens (primary N) is 1. The molecule has 1 rings (SSSR count). The van der Waals surface area contributed by atoms with Crippen molar-refractivity contribution in [3.8, 4) is 0 Å². The van der Waals surface area contributed by atoms with Crippen molar-refractivity contribution in [2.24, 2.45) is 5.73 Å². The molecule has 4 N–H and O–H groups in total. The van der Waals surface area contributed by atoms with Gasteiger partial charge in [-0.05, 0) is 44.0 Å². The van der Waals surface area contributed by atoms with Crippen LogP contribution in [0.25, 0.3) is 0 Å². The molecule has 0 fully saturated rings. The molecule has 0 aliphatic heterocycles. The zero-order valence-corrected chi connectivity index (χ0v) is 16.4. The normalized spacial score (nSPS) is 12.0. The van der Waals surface area contributed by atoms with Gasteiger partial charge in [0.15, 0.2) is 0 Å². The van der Waals surface area contributed by atoms with Crippen LogP contribution < -0.4 is 16.4 Å². The third-order valence-corrected chi connectivity index (χ3v) is 4.99. The molecule has 0 aromatic heterocycles. The molecule has 0 heterocycles. The van der Waals surface area contributed by atoms with Crippen LogP contribution in [-0.4, -0.2) is 29.1 Å². The summed E-state index contributed by atoms with van der Waals surface area (Å²) in [6.45, 7) is 7.90. The van der Waals surface area contributed by atoms with Crippen molar-refractivity contribution in [2.45, 2.75) is 56.2 Å². The van der Waals surface area contributed by atoms with Crippen LogP contribution in [0.3, 0.4) is 0 Å². The Labute approximate surface area is 154 Å². The van der Waals surface area contributed by atoms with Gasteiger partial charge in [0, 0.05) is 29.6 Å². The van der Waals surface area contributed by atoms with E-state index in [1.807, 2.05) is 45.0 Å². The van der Waals surface area contributed by atoms with Gasteiger partial charge in [0.25, 0.3) is 0 Å². The first kappa shape index (κ1) is 22.8. The van der Waals surface area contributed by atoms with E-state index in [-0.39, 0.29) is 35.0 Å². The van der Waals surface area contributed by atoms with Crippen LogP contribution in [0.1, 0.15) is 40.5 Å². The summed E-state index contributed by atoms with van der Waals surface area (Å²) in [6.07, 6.45) is 1.66. The number of hydrogen-bond donors (Lipinski definition) is 3. The SMILES string of the molecule is CCC(N)(CC)CNC(=O)C(C)Sc1ccc(NC(C)=O)cc1.Cl. The molecule has 0 saturated heterocycles. The van der Waals surface area contributed by atoms with E-state index < -0.39 is 0 Å². The predicted octanol–water partition coefficient (Wildman–Crippen LogP) is 3.18. The highest BCUT2D eigenvalue weighted by Crippen LogP contribution is 2.25. The Hall–Kier alpha value is -1.24. The Morgan fingerprint density at radius 2 is 1.75 bits per heavy atom. The average molecular weight is 374 g/mol. The molecule has 0 aliphatic rings. The number of thioether (sulfide) groups is 1. The number of halogens is 1. The van der Waals surface area contributed by atoms with E-state index >= 15 is 0 Å². The summed E-state index contributed by atoms with van der Waals surface area (Å²) in [5, 5.41) is 5.45. The van der Waals surface area contributed by atoms with Crippen molar-refractivity contribution in [1.29, 1.82) is 0 Å². The Bertz CT molecular complexity index is 533. The minimum atomic E-state index is -0.333. The second-order valence-corrected chi connectivity index (χ2v) is 7.17. The number of carbonyl (C=O) groups excluding carboxylic acids is 2. The lowest BCUT2D eigenvalue weighted by Gasteiger charge is -2.27. The number of amides is 2. The number of rotatable bonds is 8. The highest BCUT2D eigenvalue weighted by atomic mass is 35.5. The molecule has 0 aliphatic carbocycles. The van der Waals surface area contributed by atoms with Crippen molar-refractivity contribution in [2.75, 3.05) is 11.9 Å². The summed E-state index contributed by atoms with van der Waals surface area (Å²) in [7, 11) is 0. The lowest BCUT2D eigenvalue weighted by Crippen LogP contribution is -2.50. The van der Waals surface area contributed by atoms with Gasteiger partial charge in [-0.15, -0.1) is 24.2 Å². The fraction of sp³-hybridized carbons (Fsp3) is 0.529. The van der Waals surface area contributed by atoms with Gasteiger partial charge in [-0.25, -0.2) is 0 Å². The quantitative estimate of drug-likeness (QED) is 0.611. The summed E-state index contributed by atoms with van der Waals surface area (Å²) in [4.78, 5) is 24.2. The zero-order chi connectivity index (χ0) is 17.5. The predicted molar refractivity (Wildman–Crippen MR) is 104 cm³/mol. The van der Waals surface area contributed by atoms with Crippen LogP contribution in [0, 0.1) is 0 Å². The summed E-state index contributed by atoms with van der Waals surface area (Å²) in [5.74, 6) is -0.118. The Balaban J connectivity index is 0.00000529. The second-order valence-electron chi connectivity index (χ2n) is 5.75. The van der Waals surface area contributed by atoms with E-state index in [2.05, 4.69) is 10.6 Å². The van der Waals surface area contributed by atoms with Crippen LogP contribution in [0.4, 0.5) is 5.69 Å². The van der Waals surface area contributed by atoms with E-state index in [0.717, 1.165) is 23.4 Å². The number of benzene rings is 1. The smallest absolute Gasteiger partial charge is 0.233 e. The molecule has 1 aromatic carbocycles. The molecule has 24 heavy (non-hydrogen) atoms. The number of hydrogen-bond acceptors (Lipinski definition) is 4. The van der Waals surface area contributed by atoms with Crippen molar-refractivity contribution >= 4 is 41.7 Å². The van der Waals surface area contributed by atoms with Crippen LogP contribution in [0.2, 0.25) is 0 Å². The Morgan fingerprint density at radius 3 is 2.21 bits per heavy atom. The topological polar surface area (TPSA) is 84.2 Å². The van der Waals surface area contributed by atoms with E-state index in [1.54, 1.807) is 0 Å². The lowest BCUT2D eigenvalue weighted by atomic mass is 9.94. The molecule has 5 nitrogen and oxygen atoms in total. The van der Waals surface area contributed by atoms with Gasteiger partial charge >= 0.3 is 0 Å². The van der Waals surface area contributed by atoms with Crippen molar-refractivity contribution < 1.29 is 9.59 Å². The van der Waals surface area contributed by atoms with Gasteiger partial charge in [-0.2, -0.15) is 0 Å². The minimum Gasteiger partial charge on any atom is -0.353 e. The molecule has 1 aromatic rings. The Morgan fingerprint density at radius 1 is 1.21 bits per heavy atom. The first-order chi connectivity index (χ1) is 10.8. The monoisotopic (exact) mass is 373 g/mol.